The molecular weight excluding hydrogens is 278 g/mol. The third-order valence-electron chi connectivity index (χ3n) is 4.96. The number of nitrogens with zero attached hydrogens (tertiary/aromatic N) is 1. The first-order chi connectivity index (χ1) is 10.6. The number of carbonyl (C=O) groups excluding carboxylic acids is 2. The molecule has 2 amide bonds. The zero-order valence-corrected chi connectivity index (χ0v) is 12.8. The Morgan fingerprint density at radius 3 is 2.55 bits per heavy atom. The number of piperidine rings is 1. The van der Waals surface area contributed by atoms with Gasteiger partial charge in [-0.1, -0.05) is 30.3 Å². The number of nitrogens with one attached hydrogen (secondary N) is 1. The Morgan fingerprint density at radius 2 is 1.91 bits per heavy atom. The number of nitrogens with two attached hydrogens (primary N) is 1. The molecule has 118 valence electrons. The molecule has 1 unspecified atom stereocenters. The van der Waals surface area contributed by atoms with Crippen molar-refractivity contribution in [3.05, 3.63) is 35.9 Å². The van der Waals surface area contributed by atoms with Gasteiger partial charge in [-0.3, -0.25) is 9.59 Å². The first-order valence-corrected chi connectivity index (χ1v) is 7.92. The molecule has 1 aromatic carbocycles. The van der Waals surface area contributed by atoms with Gasteiger partial charge >= 0.3 is 0 Å². The number of primary amides is 1. The van der Waals surface area contributed by atoms with E-state index in [1.54, 1.807) is 4.90 Å². The van der Waals surface area contributed by atoms with Crippen LogP contribution in [-0.4, -0.2) is 36.3 Å². The molecule has 5 heteroatoms. The number of rotatable bonds is 5. The van der Waals surface area contributed by atoms with Crippen molar-refractivity contribution in [1.82, 2.24) is 10.2 Å². The van der Waals surface area contributed by atoms with Crippen LogP contribution in [0.4, 0.5) is 0 Å². The maximum atomic E-state index is 12.8. The summed E-state index contributed by atoms with van der Waals surface area (Å²) in [5.74, 6) is -0.300. The largest absolute Gasteiger partial charge is 0.368 e. The Morgan fingerprint density at radius 1 is 1.23 bits per heavy atom. The van der Waals surface area contributed by atoms with Crippen molar-refractivity contribution in [2.75, 3.05) is 19.6 Å². The summed E-state index contributed by atoms with van der Waals surface area (Å²) in [6.07, 6.45) is 3.07. The molecule has 0 aromatic heterocycles. The normalized spacial score (nSPS) is 22.3. The molecule has 1 aliphatic carbocycles. The van der Waals surface area contributed by atoms with Gasteiger partial charge in [-0.05, 0) is 43.3 Å². The maximum Gasteiger partial charge on any atom is 0.237 e. The van der Waals surface area contributed by atoms with Gasteiger partial charge in [-0.25, -0.2) is 0 Å². The van der Waals surface area contributed by atoms with E-state index in [0.29, 0.717) is 6.54 Å². The van der Waals surface area contributed by atoms with Crippen molar-refractivity contribution >= 4 is 11.8 Å². The Balaban J connectivity index is 1.69. The monoisotopic (exact) mass is 301 g/mol. The fraction of sp³-hybridized carbons (Fsp3) is 0.529. The molecule has 2 fully saturated rings. The lowest BCUT2D eigenvalue weighted by molar-refractivity contribution is -0.137. The summed E-state index contributed by atoms with van der Waals surface area (Å²) in [7, 11) is 0. The standard InChI is InChI=1S/C17H23N3O2/c18-15(21)12-20(11-13-4-2-1-3-5-13)16(22)14-10-17(14)6-8-19-9-7-17/h1-5,14,19H,6-12H2,(H2,18,21). The predicted octanol–water partition coefficient (Wildman–Crippen LogP) is 0.890. The van der Waals surface area contributed by atoms with E-state index >= 15 is 0 Å². The van der Waals surface area contributed by atoms with Gasteiger partial charge in [-0.15, -0.1) is 0 Å². The summed E-state index contributed by atoms with van der Waals surface area (Å²) in [5, 5.41) is 3.34. The zero-order chi connectivity index (χ0) is 15.6. The second-order valence-electron chi connectivity index (χ2n) is 6.52. The average molecular weight is 301 g/mol. The molecule has 1 saturated carbocycles. The molecule has 1 aliphatic heterocycles. The summed E-state index contributed by atoms with van der Waals surface area (Å²) < 4.78 is 0. The van der Waals surface area contributed by atoms with E-state index in [1.165, 1.54) is 0 Å². The van der Waals surface area contributed by atoms with Crippen molar-refractivity contribution in [2.45, 2.75) is 25.8 Å². The number of hydrogen-bond donors (Lipinski definition) is 2. The highest BCUT2D eigenvalue weighted by molar-refractivity contribution is 5.87. The van der Waals surface area contributed by atoms with E-state index in [-0.39, 0.29) is 23.8 Å². The number of benzene rings is 1. The van der Waals surface area contributed by atoms with E-state index in [0.717, 1.165) is 37.9 Å². The smallest absolute Gasteiger partial charge is 0.237 e. The predicted molar refractivity (Wildman–Crippen MR) is 83.7 cm³/mol. The number of carbonyl (C=O) groups is 2. The molecule has 3 rings (SSSR count). The quantitative estimate of drug-likeness (QED) is 0.848. The van der Waals surface area contributed by atoms with E-state index in [2.05, 4.69) is 5.32 Å². The van der Waals surface area contributed by atoms with Crippen LogP contribution in [-0.2, 0) is 16.1 Å². The van der Waals surface area contributed by atoms with E-state index in [9.17, 15) is 9.59 Å². The highest BCUT2D eigenvalue weighted by atomic mass is 16.2. The van der Waals surface area contributed by atoms with Crippen LogP contribution < -0.4 is 11.1 Å². The molecule has 1 atom stereocenters. The lowest BCUT2D eigenvalue weighted by Crippen LogP contribution is -2.40. The number of amides is 2. The summed E-state index contributed by atoms with van der Waals surface area (Å²) in [5.41, 5.74) is 6.53. The second kappa shape index (κ2) is 6.08. The molecule has 2 aliphatic rings. The molecular formula is C17H23N3O2. The van der Waals surface area contributed by atoms with Gasteiger partial charge in [0.25, 0.3) is 0 Å². The highest BCUT2D eigenvalue weighted by Gasteiger charge is 2.58. The molecule has 0 radical (unpaired) electrons. The van der Waals surface area contributed by atoms with Crippen molar-refractivity contribution in [2.24, 2.45) is 17.1 Å². The van der Waals surface area contributed by atoms with Gasteiger partial charge in [0, 0.05) is 12.5 Å². The van der Waals surface area contributed by atoms with Crippen molar-refractivity contribution < 1.29 is 9.59 Å². The average Bonchev–Trinajstić information content (AvgIpc) is 3.20. The van der Waals surface area contributed by atoms with Gasteiger partial charge in [0.2, 0.25) is 11.8 Å². The Kier molecular flexibility index (Phi) is 4.16. The zero-order valence-electron chi connectivity index (χ0n) is 12.8. The van der Waals surface area contributed by atoms with Crippen molar-refractivity contribution in [1.29, 1.82) is 0 Å². The molecule has 3 N–H and O–H groups in total. The first-order valence-electron chi connectivity index (χ1n) is 7.92. The minimum Gasteiger partial charge on any atom is -0.368 e. The van der Waals surface area contributed by atoms with E-state index in [4.69, 9.17) is 5.73 Å². The van der Waals surface area contributed by atoms with E-state index < -0.39 is 5.91 Å². The summed E-state index contributed by atoms with van der Waals surface area (Å²) in [6, 6.07) is 9.75. The van der Waals surface area contributed by atoms with Gasteiger partial charge in [0.15, 0.2) is 0 Å². The van der Waals surface area contributed by atoms with E-state index in [1.807, 2.05) is 30.3 Å². The Bertz CT molecular complexity index is 552. The fourth-order valence-corrected chi connectivity index (χ4v) is 3.60. The van der Waals surface area contributed by atoms with Crippen LogP contribution in [0.2, 0.25) is 0 Å². The molecule has 1 heterocycles. The molecule has 0 bridgehead atoms. The van der Waals surface area contributed by atoms with Crippen molar-refractivity contribution in [3.63, 3.8) is 0 Å². The molecule has 22 heavy (non-hydrogen) atoms. The maximum absolute atomic E-state index is 12.8. The number of hydrogen-bond acceptors (Lipinski definition) is 3. The van der Waals surface area contributed by atoms with Crippen molar-refractivity contribution in [3.8, 4) is 0 Å². The Labute approximate surface area is 130 Å². The topological polar surface area (TPSA) is 75.4 Å². The second-order valence-corrected chi connectivity index (χ2v) is 6.52. The first kappa shape index (κ1) is 15.0. The van der Waals surface area contributed by atoms with Gasteiger partial charge in [-0.2, -0.15) is 0 Å². The third kappa shape index (κ3) is 3.14. The fourth-order valence-electron chi connectivity index (χ4n) is 3.60. The molecule has 1 aromatic rings. The van der Waals surface area contributed by atoms with Crippen LogP contribution in [0.15, 0.2) is 30.3 Å². The minimum atomic E-state index is -0.454. The van der Waals surface area contributed by atoms with Crippen LogP contribution >= 0.6 is 0 Å². The summed E-state index contributed by atoms with van der Waals surface area (Å²) in [6.45, 7) is 2.42. The van der Waals surface area contributed by atoms with Crippen LogP contribution in [0.3, 0.4) is 0 Å². The summed E-state index contributed by atoms with van der Waals surface area (Å²) >= 11 is 0. The summed E-state index contributed by atoms with van der Waals surface area (Å²) in [4.78, 5) is 25.8. The van der Waals surface area contributed by atoms with Gasteiger partial charge in [0.05, 0.1) is 6.54 Å². The SMILES string of the molecule is NC(=O)CN(Cc1ccccc1)C(=O)C1CC12CCNCC2. The van der Waals surface area contributed by atoms with Crippen LogP contribution in [0.25, 0.3) is 0 Å². The van der Waals surface area contributed by atoms with Crippen LogP contribution in [0, 0.1) is 11.3 Å². The van der Waals surface area contributed by atoms with Crippen LogP contribution in [0.5, 0.6) is 0 Å². The third-order valence-corrected chi connectivity index (χ3v) is 4.96. The molecule has 5 nitrogen and oxygen atoms in total. The van der Waals surface area contributed by atoms with Gasteiger partial charge < -0.3 is 16.0 Å². The minimum absolute atomic E-state index is 0.00143. The van der Waals surface area contributed by atoms with Crippen LogP contribution in [0.1, 0.15) is 24.8 Å². The highest BCUT2D eigenvalue weighted by Crippen LogP contribution is 2.59. The molecule has 1 saturated heterocycles. The lowest BCUT2D eigenvalue weighted by Gasteiger charge is -2.26. The van der Waals surface area contributed by atoms with Gasteiger partial charge in [0.1, 0.15) is 0 Å². The molecule has 1 spiro atoms. The Hall–Kier alpha value is -1.88. The lowest BCUT2D eigenvalue weighted by atomic mass is 9.91.